The van der Waals surface area contributed by atoms with Gasteiger partial charge in [-0.25, -0.2) is 0 Å². The number of hydrogen-bond acceptors (Lipinski definition) is 6. The van der Waals surface area contributed by atoms with E-state index in [-0.39, 0.29) is 0 Å². The van der Waals surface area contributed by atoms with E-state index in [1.54, 1.807) is 6.07 Å². The third kappa shape index (κ3) is 2.15. The van der Waals surface area contributed by atoms with E-state index in [0.717, 1.165) is 18.0 Å². The lowest BCUT2D eigenvalue weighted by atomic mass is 10.3. The van der Waals surface area contributed by atoms with Crippen LogP contribution in [0.4, 0.5) is 5.95 Å². The summed E-state index contributed by atoms with van der Waals surface area (Å²) in [6.07, 6.45) is 0. The molecule has 0 saturated heterocycles. The van der Waals surface area contributed by atoms with E-state index in [1.807, 2.05) is 24.1 Å². The largest absolute Gasteiger partial charge is 0.339 e. The number of anilines is 1. The van der Waals surface area contributed by atoms with Gasteiger partial charge in [-0.15, -0.1) is 11.3 Å². The zero-order chi connectivity index (χ0) is 12.3. The van der Waals surface area contributed by atoms with Gasteiger partial charge in [-0.05, 0) is 30.5 Å². The lowest BCUT2D eigenvalue weighted by Gasteiger charge is -2.14. The first kappa shape index (κ1) is 11.6. The fraction of sp³-hybridized carbons (Fsp3) is 0.364. The molecular weight excluding hydrogens is 236 g/mol. The van der Waals surface area contributed by atoms with Gasteiger partial charge < -0.3 is 9.42 Å². The van der Waals surface area contributed by atoms with Gasteiger partial charge in [0, 0.05) is 13.1 Å². The second kappa shape index (κ2) is 4.97. The Morgan fingerprint density at radius 1 is 1.47 bits per heavy atom. The number of hydrogen-bond donors (Lipinski definition) is 0. The van der Waals surface area contributed by atoms with E-state index in [9.17, 15) is 0 Å². The molecule has 0 aliphatic rings. The Morgan fingerprint density at radius 2 is 2.24 bits per heavy atom. The summed E-state index contributed by atoms with van der Waals surface area (Å²) in [5.41, 5.74) is 0.574. The van der Waals surface area contributed by atoms with Gasteiger partial charge in [0.25, 0.3) is 11.8 Å². The van der Waals surface area contributed by atoms with Crippen molar-refractivity contribution in [2.24, 2.45) is 0 Å². The third-order valence-electron chi connectivity index (χ3n) is 2.44. The predicted octanol–water partition coefficient (Wildman–Crippen LogP) is 2.52. The van der Waals surface area contributed by atoms with Crippen LogP contribution < -0.4 is 4.90 Å². The Kier molecular flexibility index (Phi) is 3.40. The quantitative estimate of drug-likeness (QED) is 0.831. The minimum Gasteiger partial charge on any atom is -0.339 e. The molecule has 0 aliphatic carbocycles. The van der Waals surface area contributed by atoms with Crippen molar-refractivity contribution in [1.82, 2.24) is 10.1 Å². The number of thiophene rings is 1. The normalized spacial score (nSPS) is 10.2. The molecule has 0 atom stereocenters. The summed E-state index contributed by atoms with van der Waals surface area (Å²) < 4.78 is 5.19. The topological polar surface area (TPSA) is 66.0 Å². The first-order valence-electron chi connectivity index (χ1n) is 5.36. The van der Waals surface area contributed by atoms with Gasteiger partial charge in [0.05, 0.1) is 5.56 Å². The number of nitrogens with zero attached hydrogens (tertiary/aromatic N) is 4. The molecule has 2 aromatic heterocycles. The van der Waals surface area contributed by atoms with E-state index in [2.05, 4.69) is 16.2 Å². The average molecular weight is 248 g/mol. The maximum atomic E-state index is 8.93. The molecule has 0 unspecified atom stereocenters. The van der Waals surface area contributed by atoms with Gasteiger partial charge in [-0.2, -0.15) is 10.2 Å². The maximum absolute atomic E-state index is 8.93. The molecule has 0 fully saturated rings. The summed E-state index contributed by atoms with van der Waals surface area (Å²) in [5, 5.41) is 14.7. The molecule has 2 rings (SSSR count). The van der Waals surface area contributed by atoms with Crippen LogP contribution >= 0.6 is 11.3 Å². The molecule has 0 N–H and O–H groups in total. The molecule has 0 amide bonds. The van der Waals surface area contributed by atoms with Crippen LogP contribution in [0.5, 0.6) is 0 Å². The highest BCUT2D eigenvalue weighted by atomic mass is 32.1. The van der Waals surface area contributed by atoms with Crippen LogP contribution in [0.3, 0.4) is 0 Å². The lowest BCUT2D eigenvalue weighted by molar-refractivity contribution is 0.430. The summed E-state index contributed by atoms with van der Waals surface area (Å²) >= 11 is 1.43. The Morgan fingerprint density at radius 3 is 2.88 bits per heavy atom. The van der Waals surface area contributed by atoms with Crippen molar-refractivity contribution in [3.63, 3.8) is 0 Å². The molecule has 88 valence electrons. The average Bonchev–Trinajstić information content (AvgIpc) is 2.98. The second-order valence-electron chi connectivity index (χ2n) is 3.35. The van der Waals surface area contributed by atoms with Crippen molar-refractivity contribution in [3.05, 3.63) is 17.0 Å². The third-order valence-corrected chi connectivity index (χ3v) is 3.34. The zero-order valence-corrected chi connectivity index (χ0v) is 10.5. The maximum Gasteiger partial charge on any atom is 0.270 e. The molecule has 0 aromatic carbocycles. The molecule has 0 bridgehead atoms. The summed E-state index contributed by atoms with van der Waals surface area (Å²) in [6.45, 7) is 5.72. The molecule has 0 spiro atoms. The van der Waals surface area contributed by atoms with Gasteiger partial charge in [-0.3, -0.25) is 0 Å². The lowest BCUT2D eigenvalue weighted by Crippen LogP contribution is -2.22. The van der Waals surface area contributed by atoms with Crippen LogP contribution in [0.15, 0.2) is 16.0 Å². The van der Waals surface area contributed by atoms with Crippen molar-refractivity contribution >= 4 is 17.3 Å². The number of rotatable bonds is 4. The highest BCUT2D eigenvalue weighted by Gasteiger charge is 2.16. The van der Waals surface area contributed by atoms with E-state index in [1.165, 1.54) is 11.3 Å². The van der Waals surface area contributed by atoms with E-state index < -0.39 is 0 Å². The number of nitriles is 1. The molecule has 0 aliphatic heterocycles. The van der Waals surface area contributed by atoms with Gasteiger partial charge in [-0.1, -0.05) is 0 Å². The SMILES string of the molecule is CCN(CC)c1noc(-c2sccc2C#N)n1. The molecule has 0 radical (unpaired) electrons. The van der Waals surface area contributed by atoms with Crippen molar-refractivity contribution in [3.8, 4) is 16.8 Å². The van der Waals surface area contributed by atoms with E-state index >= 15 is 0 Å². The molecule has 2 aromatic rings. The van der Waals surface area contributed by atoms with Gasteiger partial charge in [0.2, 0.25) is 0 Å². The summed E-state index contributed by atoms with van der Waals surface area (Å²) in [5.74, 6) is 0.987. The molecule has 6 heteroatoms. The summed E-state index contributed by atoms with van der Waals surface area (Å²) in [6, 6.07) is 3.86. The minimum absolute atomic E-state index is 0.415. The van der Waals surface area contributed by atoms with E-state index in [4.69, 9.17) is 9.78 Å². The van der Waals surface area contributed by atoms with Crippen molar-refractivity contribution < 1.29 is 4.52 Å². The van der Waals surface area contributed by atoms with Crippen LogP contribution in [-0.2, 0) is 0 Å². The Balaban J connectivity index is 2.33. The molecule has 5 nitrogen and oxygen atoms in total. The van der Waals surface area contributed by atoms with Crippen LogP contribution in [0.1, 0.15) is 19.4 Å². The standard InChI is InChI=1S/C11H12N4OS/c1-3-15(4-2)11-13-10(16-14-11)9-8(7-12)5-6-17-9/h5-6H,3-4H2,1-2H3. The van der Waals surface area contributed by atoms with Crippen LogP contribution in [0, 0.1) is 11.3 Å². The predicted molar refractivity (Wildman–Crippen MR) is 65.9 cm³/mol. The fourth-order valence-electron chi connectivity index (χ4n) is 1.51. The van der Waals surface area contributed by atoms with Crippen molar-refractivity contribution in [2.45, 2.75) is 13.8 Å². The molecule has 17 heavy (non-hydrogen) atoms. The monoisotopic (exact) mass is 248 g/mol. The Hall–Kier alpha value is -1.87. The van der Waals surface area contributed by atoms with Crippen LogP contribution in [0.25, 0.3) is 10.8 Å². The molecule has 0 saturated carbocycles. The van der Waals surface area contributed by atoms with Crippen LogP contribution in [0.2, 0.25) is 0 Å². The summed E-state index contributed by atoms with van der Waals surface area (Å²) in [4.78, 5) is 7.04. The first-order valence-corrected chi connectivity index (χ1v) is 6.24. The molecule has 2 heterocycles. The number of aromatic nitrogens is 2. The second-order valence-corrected chi connectivity index (χ2v) is 4.26. The van der Waals surface area contributed by atoms with E-state index in [0.29, 0.717) is 17.4 Å². The van der Waals surface area contributed by atoms with Crippen molar-refractivity contribution in [1.29, 1.82) is 5.26 Å². The Labute approximate surface area is 103 Å². The van der Waals surface area contributed by atoms with Gasteiger partial charge in [0.1, 0.15) is 10.9 Å². The molecular formula is C11H12N4OS. The Bertz CT molecular complexity index is 536. The fourth-order valence-corrected chi connectivity index (χ4v) is 2.27. The minimum atomic E-state index is 0.415. The van der Waals surface area contributed by atoms with Crippen LogP contribution in [-0.4, -0.2) is 23.2 Å². The summed E-state index contributed by atoms with van der Waals surface area (Å²) in [7, 11) is 0. The van der Waals surface area contributed by atoms with Gasteiger partial charge >= 0.3 is 0 Å². The highest BCUT2D eigenvalue weighted by Crippen LogP contribution is 2.28. The highest BCUT2D eigenvalue weighted by molar-refractivity contribution is 7.13. The van der Waals surface area contributed by atoms with Gasteiger partial charge in [0.15, 0.2) is 0 Å². The smallest absolute Gasteiger partial charge is 0.270 e. The zero-order valence-electron chi connectivity index (χ0n) is 9.67. The van der Waals surface area contributed by atoms with Crippen molar-refractivity contribution in [2.75, 3.05) is 18.0 Å². The first-order chi connectivity index (χ1) is 8.30.